The van der Waals surface area contributed by atoms with E-state index in [1.54, 1.807) is 4.31 Å². The molecule has 0 aromatic heterocycles. The summed E-state index contributed by atoms with van der Waals surface area (Å²) in [7, 11) is -1.21. The van der Waals surface area contributed by atoms with Crippen molar-refractivity contribution in [3.05, 3.63) is 60.2 Å². The summed E-state index contributed by atoms with van der Waals surface area (Å²) in [6, 6.07) is 17.8. The van der Waals surface area contributed by atoms with Crippen molar-refractivity contribution in [2.45, 2.75) is 32.4 Å². The van der Waals surface area contributed by atoms with Crippen LogP contribution in [0.25, 0.3) is 0 Å². The number of rotatable bonds is 6. The molecule has 1 atom stereocenters. The number of hydrogen-bond acceptors (Lipinski definition) is 5. The molecule has 1 heterocycles. The van der Waals surface area contributed by atoms with Crippen LogP contribution in [0.15, 0.2) is 54.6 Å². The Kier molecular flexibility index (Phi) is 5.24. The van der Waals surface area contributed by atoms with Gasteiger partial charge in [0.15, 0.2) is 0 Å². The van der Waals surface area contributed by atoms with Gasteiger partial charge in [-0.2, -0.15) is 0 Å². The molecule has 6 heteroatoms. The van der Waals surface area contributed by atoms with Gasteiger partial charge < -0.3 is 5.32 Å². The first-order chi connectivity index (χ1) is 12.0. The lowest BCUT2D eigenvalue weighted by atomic mass is 10.0. The highest BCUT2D eigenvalue weighted by Crippen LogP contribution is 2.65. The van der Waals surface area contributed by atoms with E-state index in [1.807, 2.05) is 67.7 Å². The fourth-order valence-corrected chi connectivity index (χ4v) is 5.63. The first-order valence-electron chi connectivity index (χ1n) is 8.64. The van der Waals surface area contributed by atoms with Crippen LogP contribution < -0.4 is 13.9 Å². The Morgan fingerprint density at radius 1 is 0.920 bits per heavy atom. The van der Waals surface area contributed by atoms with Crippen LogP contribution in [0.1, 0.15) is 31.9 Å². The van der Waals surface area contributed by atoms with Crippen LogP contribution in [0.2, 0.25) is 0 Å². The SMILES string of the molecule is CNCCC(c1ccccc1)N1c2ccccc2N(C(C)C)S1(O)O. The van der Waals surface area contributed by atoms with E-state index < -0.39 is 11.0 Å². The molecular formula is C19H27N3O2S. The van der Waals surface area contributed by atoms with Gasteiger partial charge in [-0.1, -0.05) is 42.5 Å². The molecule has 0 aliphatic carbocycles. The lowest BCUT2D eigenvalue weighted by Gasteiger charge is -2.48. The van der Waals surface area contributed by atoms with Crippen LogP contribution in [-0.4, -0.2) is 28.7 Å². The maximum atomic E-state index is 11.2. The van der Waals surface area contributed by atoms with Gasteiger partial charge in [-0.3, -0.25) is 9.11 Å². The maximum Gasteiger partial charge on any atom is 0.0845 e. The van der Waals surface area contributed by atoms with Crippen molar-refractivity contribution in [3.8, 4) is 0 Å². The van der Waals surface area contributed by atoms with E-state index in [0.717, 1.165) is 29.9 Å². The minimum atomic E-state index is -3.13. The van der Waals surface area contributed by atoms with Gasteiger partial charge in [0.05, 0.1) is 17.4 Å². The van der Waals surface area contributed by atoms with Gasteiger partial charge in [0.2, 0.25) is 0 Å². The lowest BCUT2D eigenvalue weighted by molar-refractivity contribution is 0.462. The minimum absolute atomic E-state index is 0.0168. The molecule has 136 valence electrons. The smallest absolute Gasteiger partial charge is 0.0845 e. The van der Waals surface area contributed by atoms with Gasteiger partial charge in [0.1, 0.15) is 0 Å². The molecule has 25 heavy (non-hydrogen) atoms. The second-order valence-corrected chi connectivity index (χ2v) is 8.31. The predicted octanol–water partition coefficient (Wildman–Crippen LogP) is 4.65. The number of nitrogens with one attached hydrogen (secondary N) is 1. The Bertz CT molecular complexity index is 709. The van der Waals surface area contributed by atoms with E-state index in [0.29, 0.717) is 0 Å². The fraction of sp³-hybridized carbons (Fsp3) is 0.368. The van der Waals surface area contributed by atoms with Crippen LogP contribution in [0.3, 0.4) is 0 Å². The summed E-state index contributed by atoms with van der Waals surface area (Å²) in [6.45, 7) is 4.76. The minimum Gasteiger partial charge on any atom is -0.320 e. The molecule has 1 aliphatic rings. The number of hydrogen-bond donors (Lipinski definition) is 3. The maximum absolute atomic E-state index is 11.2. The molecule has 2 aromatic rings. The summed E-state index contributed by atoms with van der Waals surface area (Å²) in [6.07, 6.45) is 0.774. The average Bonchev–Trinajstić information content (AvgIpc) is 2.83. The third-order valence-corrected chi connectivity index (χ3v) is 6.61. The normalized spacial score (nSPS) is 18.3. The Morgan fingerprint density at radius 3 is 2.04 bits per heavy atom. The Hall–Kier alpha value is -1.73. The first kappa shape index (κ1) is 18.1. The van der Waals surface area contributed by atoms with Gasteiger partial charge in [-0.05, 0) is 62.5 Å². The Morgan fingerprint density at radius 2 is 1.48 bits per heavy atom. The van der Waals surface area contributed by atoms with E-state index in [1.165, 1.54) is 0 Å². The summed E-state index contributed by atoms with van der Waals surface area (Å²) < 4.78 is 26.0. The summed E-state index contributed by atoms with van der Waals surface area (Å²) in [5, 5.41) is 3.18. The molecule has 0 spiro atoms. The zero-order valence-electron chi connectivity index (χ0n) is 15.0. The van der Waals surface area contributed by atoms with E-state index in [9.17, 15) is 9.11 Å². The zero-order valence-corrected chi connectivity index (χ0v) is 15.8. The summed E-state index contributed by atoms with van der Waals surface area (Å²) in [5.74, 6) is 0. The molecule has 0 radical (unpaired) electrons. The van der Waals surface area contributed by atoms with E-state index in [4.69, 9.17) is 0 Å². The molecule has 0 saturated carbocycles. The quantitative estimate of drug-likeness (QED) is 0.699. The van der Waals surface area contributed by atoms with Crippen molar-refractivity contribution in [1.29, 1.82) is 0 Å². The molecule has 0 fully saturated rings. The largest absolute Gasteiger partial charge is 0.320 e. The van der Waals surface area contributed by atoms with Crippen molar-refractivity contribution in [1.82, 2.24) is 5.32 Å². The van der Waals surface area contributed by atoms with Crippen LogP contribution >= 0.6 is 11.0 Å². The van der Waals surface area contributed by atoms with Crippen molar-refractivity contribution < 1.29 is 9.11 Å². The zero-order chi connectivity index (χ0) is 18.0. The molecule has 1 aliphatic heterocycles. The van der Waals surface area contributed by atoms with Crippen LogP contribution in [0.4, 0.5) is 11.4 Å². The summed E-state index contributed by atoms with van der Waals surface area (Å²) in [5.41, 5.74) is 2.84. The highest BCUT2D eigenvalue weighted by atomic mass is 32.3. The Labute approximate surface area is 151 Å². The molecule has 1 unspecified atom stereocenters. The summed E-state index contributed by atoms with van der Waals surface area (Å²) in [4.78, 5) is 0. The highest BCUT2D eigenvalue weighted by Gasteiger charge is 2.45. The molecule has 0 bridgehead atoms. The monoisotopic (exact) mass is 361 g/mol. The van der Waals surface area contributed by atoms with Crippen LogP contribution in [-0.2, 0) is 0 Å². The van der Waals surface area contributed by atoms with Crippen molar-refractivity contribution >= 4 is 22.3 Å². The van der Waals surface area contributed by atoms with Crippen molar-refractivity contribution in [2.24, 2.45) is 0 Å². The number of anilines is 2. The number of nitrogens with zero attached hydrogens (tertiary/aromatic N) is 2. The predicted molar refractivity (Wildman–Crippen MR) is 107 cm³/mol. The van der Waals surface area contributed by atoms with Gasteiger partial charge >= 0.3 is 0 Å². The number of benzene rings is 2. The second-order valence-electron chi connectivity index (χ2n) is 6.54. The third kappa shape index (κ3) is 3.22. The lowest BCUT2D eigenvalue weighted by Crippen LogP contribution is -2.39. The molecule has 5 nitrogen and oxygen atoms in total. The molecular weight excluding hydrogens is 334 g/mol. The summed E-state index contributed by atoms with van der Waals surface area (Å²) >= 11 is 0. The number of fused-ring (bicyclic) bond motifs is 1. The van der Waals surface area contributed by atoms with E-state index >= 15 is 0 Å². The standard InChI is InChI=1S/C19H27N3O2S/c1-15(2)21-18-11-7-8-12-19(18)22(25(21,23)24)17(13-14-20-3)16-9-5-4-6-10-16/h4-12,15,17,20,23-24H,13-14H2,1-3H3. The Balaban J connectivity index is 2.11. The topological polar surface area (TPSA) is 59.0 Å². The van der Waals surface area contributed by atoms with Crippen LogP contribution in [0, 0.1) is 0 Å². The molecule has 3 N–H and O–H groups in total. The second kappa shape index (κ2) is 7.25. The molecule has 0 saturated heterocycles. The first-order valence-corrected chi connectivity index (χ1v) is 10.1. The van der Waals surface area contributed by atoms with E-state index in [-0.39, 0.29) is 12.1 Å². The molecule has 2 aromatic carbocycles. The fourth-order valence-electron chi connectivity index (χ4n) is 3.47. The van der Waals surface area contributed by atoms with Crippen molar-refractivity contribution in [2.75, 3.05) is 22.2 Å². The molecule has 0 amide bonds. The van der Waals surface area contributed by atoms with Gasteiger partial charge in [-0.25, -0.2) is 8.61 Å². The van der Waals surface area contributed by atoms with Gasteiger partial charge in [0, 0.05) is 6.04 Å². The van der Waals surface area contributed by atoms with Gasteiger partial charge in [0.25, 0.3) is 0 Å². The average molecular weight is 362 g/mol. The van der Waals surface area contributed by atoms with Crippen LogP contribution in [0.5, 0.6) is 0 Å². The van der Waals surface area contributed by atoms with E-state index in [2.05, 4.69) is 17.4 Å². The number of para-hydroxylation sites is 2. The van der Waals surface area contributed by atoms with Crippen molar-refractivity contribution in [3.63, 3.8) is 0 Å². The highest BCUT2D eigenvalue weighted by molar-refractivity contribution is 8.27. The molecule has 3 rings (SSSR count). The van der Waals surface area contributed by atoms with Gasteiger partial charge in [-0.15, -0.1) is 0 Å². The third-order valence-electron chi connectivity index (χ3n) is 4.49.